The van der Waals surface area contributed by atoms with Gasteiger partial charge in [0.25, 0.3) is 0 Å². The molecule has 7 heteroatoms. The van der Waals surface area contributed by atoms with E-state index in [9.17, 15) is 0 Å². The van der Waals surface area contributed by atoms with Gasteiger partial charge in [-0.3, -0.25) is 10.8 Å². The summed E-state index contributed by atoms with van der Waals surface area (Å²) in [5.41, 5.74) is 14.8. The second-order valence-corrected chi connectivity index (χ2v) is 6.82. The van der Waals surface area contributed by atoms with E-state index < -0.39 is 0 Å². The van der Waals surface area contributed by atoms with Gasteiger partial charge in [0, 0.05) is 49.7 Å². The number of anilines is 2. The molecular weight excluding hydrogens is 372 g/mol. The van der Waals surface area contributed by atoms with Crippen LogP contribution in [0.1, 0.15) is 30.4 Å². The molecule has 0 heterocycles. The number of benzene rings is 2. The largest absolute Gasteiger partial charge is 0.384 e. The van der Waals surface area contributed by atoms with Crippen LogP contribution in [0, 0.1) is 10.8 Å². The lowest BCUT2D eigenvalue weighted by Gasteiger charge is -2.21. The Balaban J connectivity index is 0.00000392. The van der Waals surface area contributed by atoms with E-state index in [1.165, 1.54) is 0 Å². The lowest BCUT2D eigenvalue weighted by atomic mass is 10.1. The average Bonchev–Trinajstić information content (AvgIpc) is 2.67. The third-order valence-corrected chi connectivity index (χ3v) is 4.73. The van der Waals surface area contributed by atoms with Crippen molar-refractivity contribution in [1.82, 2.24) is 0 Å². The van der Waals surface area contributed by atoms with Crippen molar-refractivity contribution >= 4 is 35.5 Å². The van der Waals surface area contributed by atoms with Crippen LogP contribution in [0.5, 0.6) is 0 Å². The third kappa shape index (κ3) is 6.78. The third-order valence-electron chi connectivity index (χ3n) is 4.73. The summed E-state index contributed by atoms with van der Waals surface area (Å²) in [6.45, 7) is 1.99. The Hall–Kier alpha value is -2.73. The SMILES string of the molecule is CN(CCCCCN(C)c1ccc(C(=N)N)cc1)c1ccc(C(=N)N)cc1.Cl. The van der Waals surface area contributed by atoms with Crippen LogP contribution in [0.15, 0.2) is 48.5 Å². The molecular formula is C21H31ClN6. The number of amidine groups is 2. The molecule has 0 aliphatic carbocycles. The van der Waals surface area contributed by atoms with Crippen LogP contribution in [0.25, 0.3) is 0 Å². The summed E-state index contributed by atoms with van der Waals surface area (Å²) in [4.78, 5) is 4.46. The lowest BCUT2D eigenvalue weighted by Crippen LogP contribution is -2.21. The van der Waals surface area contributed by atoms with E-state index in [1.807, 2.05) is 48.5 Å². The van der Waals surface area contributed by atoms with Crippen molar-refractivity contribution in [2.45, 2.75) is 19.3 Å². The Kier molecular flexibility index (Phi) is 9.32. The van der Waals surface area contributed by atoms with Gasteiger partial charge in [-0.2, -0.15) is 0 Å². The van der Waals surface area contributed by atoms with Crippen LogP contribution < -0.4 is 21.3 Å². The van der Waals surface area contributed by atoms with Crippen molar-refractivity contribution in [3.05, 3.63) is 59.7 Å². The molecule has 28 heavy (non-hydrogen) atoms. The minimum atomic E-state index is 0. The summed E-state index contributed by atoms with van der Waals surface area (Å²) in [6, 6.07) is 15.6. The van der Waals surface area contributed by atoms with Crippen molar-refractivity contribution in [2.75, 3.05) is 37.0 Å². The van der Waals surface area contributed by atoms with Crippen molar-refractivity contribution in [3.8, 4) is 0 Å². The molecule has 0 aliphatic heterocycles. The van der Waals surface area contributed by atoms with Crippen molar-refractivity contribution in [3.63, 3.8) is 0 Å². The standard InChI is InChI=1S/C21H30N6.ClH/c1-26(18-10-6-16(7-11-18)20(22)23)14-4-3-5-15-27(2)19-12-8-17(9-13-19)21(24)25;/h6-13H,3-5,14-15H2,1-2H3,(H3,22,23)(H3,24,25);1H. The minimum Gasteiger partial charge on any atom is -0.384 e. The molecule has 2 aromatic carbocycles. The van der Waals surface area contributed by atoms with Gasteiger partial charge in [-0.05, 0) is 67.8 Å². The summed E-state index contributed by atoms with van der Waals surface area (Å²) in [7, 11) is 4.18. The van der Waals surface area contributed by atoms with E-state index in [0.717, 1.165) is 54.9 Å². The number of unbranched alkanes of at least 4 members (excludes halogenated alkanes) is 2. The number of nitrogens with zero attached hydrogens (tertiary/aromatic N) is 2. The molecule has 0 aromatic heterocycles. The molecule has 0 aliphatic rings. The highest BCUT2D eigenvalue weighted by Gasteiger charge is 2.04. The first-order valence-electron chi connectivity index (χ1n) is 9.19. The van der Waals surface area contributed by atoms with Gasteiger partial charge < -0.3 is 21.3 Å². The number of rotatable bonds is 10. The maximum atomic E-state index is 7.44. The van der Waals surface area contributed by atoms with Crippen LogP contribution in [0.4, 0.5) is 11.4 Å². The van der Waals surface area contributed by atoms with Gasteiger partial charge in [-0.15, -0.1) is 12.4 Å². The molecule has 0 bridgehead atoms. The maximum Gasteiger partial charge on any atom is 0.122 e. The first kappa shape index (κ1) is 23.3. The van der Waals surface area contributed by atoms with Gasteiger partial charge in [0.15, 0.2) is 0 Å². The smallest absolute Gasteiger partial charge is 0.122 e. The van der Waals surface area contributed by atoms with Gasteiger partial charge in [-0.25, -0.2) is 0 Å². The summed E-state index contributed by atoms with van der Waals surface area (Å²) >= 11 is 0. The van der Waals surface area contributed by atoms with E-state index >= 15 is 0 Å². The van der Waals surface area contributed by atoms with E-state index in [0.29, 0.717) is 0 Å². The fraction of sp³-hybridized carbons (Fsp3) is 0.333. The van der Waals surface area contributed by atoms with Gasteiger partial charge in [-0.1, -0.05) is 0 Å². The van der Waals surface area contributed by atoms with Crippen LogP contribution in [0.3, 0.4) is 0 Å². The van der Waals surface area contributed by atoms with Crippen LogP contribution in [-0.4, -0.2) is 38.9 Å². The normalized spacial score (nSPS) is 10.1. The quantitative estimate of drug-likeness (QED) is 0.277. The Bertz CT molecular complexity index is 692. The molecule has 6 N–H and O–H groups in total. The molecule has 0 atom stereocenters. The van der Waals surface area contributed by atoms with Gasteiger partial charge in [0.1, 0.15) is 11.7 Å². The molecule has 0 fully saturated rings. The summed E-state index contributed by atoms with van der Waals surface area (Å²) in [6.07, 6.45) is 3.41. The number of hydrogen-bond acceptors (Lipinski definition) is 4. The number of nitrogens with one attached hydrogen (secondary N) is 2. The molecule has 0 radical (unpaired) electrons. The second kappa shape index (κ2) is 11.2. The first-order chi connectivity index (χ1) is 12.9. The number of nitrogen functional groups attached to an aromatic ring is 2. The predicted octanol–water partition coefficient (Wildman–Crippen LogP) is 3.42. The van der Waals surface area contributed by atoms with Crippen LogP contribution >= 0.6 is 12.4 Å². The summed E-state index contributed by atoms with van der Waals surface area (Å²) in [5, 5.41) is 14.9. The molecule has 2 aromatic rings. The summed E-state index contributed by atoms with van der Waals surface area (Å²) in [5.74, 6) is 0.202. The van der Waals surface area contributed by atoms with Crippen LogP contribution in [0.2, 0.25) is 0 Å². The Labute approximate surface area is 173 Å². The fourth-order valence-corrected chi connectivity index (χ4v) is 2.92. The highest BCUT2D eigenvalue weighted by molar-refractivity contribution is 5.95. The van der Waals surface area contributed by atoms with Crippen molar-refractivity contribution in [1.29, 1.82) is 10.8 Å². The molecule has 0 saturated heterocycles. The summed E-state index contributed by atoms with van der Waals surface area (Å²) < 4.78 is 0. The van der Waals surface area contributed by atoms with E-state index in [1.54, 1.807) is 0 Å². The molecule has 0 unspecified atom stereocenters. The molecule has 152 valence electrons. The highest BCUT2D eigenvalue weighted by atomic mass is 35.5. The Morgan fingerprint density at radius 1 is 0.679 bits per heavy atom. The highest BCUT2D eigenvalue weighted by Crippen LogP contribution is 2.16. The topological polar surface area (TPSA) is 106 Å². The number of hydrogen-bond donors (Lipinski definition) is 4. The number of nitrogens with two attached hydrogens (primary N) is 2. The van der Waals surface area contributed by atoms with Gasteiger partial charge in [0.05, 0.1) is 0 Å². The van der Waals surface area contributed by atoms with E-state index in [2.05, 4.69) is 23.9 Å². The van der Waals surface area contributed by atoms with E-state index in [-0.39, 0.29) is 24.1 Å². The Morgan fingerprint density at radius 3 is 1.29 bits per heavy atom. The predicted molar refractivity (Wildman–Crippen MR) is 123 cm³/mol. The minimum absolute atomic E-state index is 0. The molecule has 2 rings (SSSR count). The average molecular weight is 403 g/mol. The molecule has 0 amide bonds. The molecule has 0 saturated carbocycles. The van der Waals surface area contributed by atoms with Crippen LogP contribution in [-0.2, 0) is 0 Å². The lowest BCUT2D eigenvalue weighted by molar-refractivity contribution is 0.666. The maximum absolute atomic E-state index is 7.44. The van der Waals surface area contributed by atoms with Crippen molar-refractivity contribution in [2.24, 2.45) is 11.5 Å². The second-order valence-electron chi connectivity index (χ2n) is 6.82. The zero-order valence-electron chi connectivity index (χ0n) is 16.6. The zero-order chi connectivity index (χ0) is 19.8. The zero-order valence-corrected chi connectivity index (χ0v) is 17.4. The van der Waals surface area contributed by atoms with Gasteiger partial charge in [0.2, 0.25) is 0 Å². The van der Waals surface area contributed by atoms with Gasteiger partial charge >= 0.3 is 0 Å². The number of halogens is 1. The fourth-order valence-electron chi connectivity index (χ4n) is 2.92. The monoisotopic (exact) mass is 402 g/mol. The van der Waals surface area contributed by atoms with E-state index in [4.69, 9.17) is 22.3 Å². The Morgan fingerprint density at radius 2 is 1.00 bits per heavy atom. The molecule has 6 nitrogen and oxygen atoms in total. The van der Waals surface area contributed by atoms with Crippen molar-refractivity contribution < 1.29 is 0 Å². The first-order valence-corrected chi connectivity index (χ1v) is 9.19. The molecule has 0 spiro atoms.